The first-order valence-corrected chi connectivity index (χ1v) is 6.76. The van der Waals surface area contributed by atoms with Crippen LogP contribution in [0.5, 0.6) is 11.6 Å². The van der Waals surface area contributed by atoms with Crippen molar-refractivity contribution in [2.45, 2.75) is 20.3 Å². The van der Waals surface area contributed by atoms with Gasteiger partial charge in [0, 0.05) is 5.69 Å². The number of primary amides is 1. The number of amides is 1. The van der Waals surface area contributed by atoms with E-state index in [-0.39, 0.29) is 5.88 Å². The Kier molecular flexibility index (Phi) is 4.55. The first-order valence-electron chi connectivity index (χ1n) is 6.76. The molecule has 5 nitrogen and oxygen atoms in total. The Morgan fingerprint density at radius 1 is 1.24 bits per heavy atom. The van der Waals surface area contributed by atoms with Crippen molar-refractivity contribution in [2.24, 2.45) is 11.5 Å². The molecular weight excluding hydrogens is 266 g/mol. The second kappa shape index (κ2) is 6.37. The number of aryl methyl sites for hydroxylation is 2. The molecule has 21 heavy (non-hydrogen) atoms. The maximum atomic E-state index is 11.6. The van der Waals surface area contributed by atoms with Crippen LogP contribution < -0.4 is 16.2 Å². The van der Waals surface area contributed by atoms with Crippen LogP contribution in [0.3, 0.4) is 0 Å². The first-order chi connectivity index (χ1) is 10.0. The number of aromatic nitrogens is 1. The number of nitrogens with zero attached hydrogens (tertiary/aromatic N) is 1. The summed E-state index contributed by atoms with van der Waals surface area (Å²) in [5, 5.41) is 0. The van der Waals surface area contributed by atoms with Gasteiger partial charge in [0.05, 0.1) is 0 Å². The van der Waals surface area contributed by atoms with Gasteiger partial charge in [-0.25, -0.2) is 4.98 Å². The van der Waals surface area contributed by atoms with Gasteiger partial charge in [0.1, 0.15) is 11.3 Å². The molecule has 0 radical (unpaired) electrons. The molecular formula is C16H19N3O2. The van der Waals surface area contributed by atoms with Crippen LogP contribution in [0, 0.1) is 13.8 Å². The molecule has 2 aromatic rings. The summed E-state index contributed by atoms with van der Waals surface area (Å²) in [7, 11) is 0. The average Bonchev–Trinajstić information content (AvgIpc) is 2.40. The topological polar surface area (TPSA) is 91.2 Å². The van der Waals surface area contributed by atoms with Gasteiger partial charge < -0.3 is 16.2 Å². The minimum Gasteiger partial charge on any atom is -0.438 e. The zero-order valence-electron chi connectivity index (χ0n) is 12.2. The van der Waals surface area contributed by atoms with Crippen molar-refractivity contribution in [3.63, 3.8) is 0 Å². The summed E-state index contributed by atoms with van der Waals surface area (Å²) in [6.45, 7) is 4.26. The molecule has 0 saturated carbocycles. The summed E-state index contributed by atoms with van der Waals surface area (Å²) >= 11 is 0. The smallest absolute Gasteiger partial charge is 0.254 e. The normalized spacial score (nSPS) is 10.4. The minimum absolute atomic E-state index is 0.242. The molecule has 0 saturated heterocycles. The fourth-order valence-electron chi connectivity index (χ4n) is 2.18. The van der Waals surface area contributed by atoms with E-state index < -0.39 is 5.91 Å². The molecule has 110 valence electrons. The molecule has 0 atom stereocenters. The monoisotopic (exact) mass is 285 g/mol. The fraction of sp³-hybridized carbons (Fsp3) is 0.250. The number of hydrogen-bond acceptors (Lipinski definition) is 4. The van der Waals surface area contributed by atoms with Gasteiger partial charge in [0.25, 0.3) is 5.91 Å². The number of nitrogens with two attached hydrogens (primary N) is 2. The molecule has 0 aliphatic rings. The predicted molar refractivity (Wildman–Crippen MR) is 81.5 cm³/mol. The number of ether oxygens (including phenoxy) is 1. The molecule has 1 heterocycles. The lowest BCUT2D eigenvalue weighted by Crippen LogP contribution is -2.15. The predicted octanol–water partition coefficient (Wildman–Crippen LogP) is 2.09. The summed E-state index contributed by atoms with van der Waals surface area (Å²) in [4.78, 5) is 15.8. The molecule has 1 aromatic carbocycles. The maximum Gasteiger partial charge on any atom is 0.254 e. The number of carbonyl (C=O) groups is 1. The summed E-state index contributed by atoms with van der Waals surface area (Å²) in [5.74, 6) is 0.303. The second-order valence-electron chi connectivity index (χ2n) is 4.91. The van der Waals surface area contributed by atoms with Gasteiger partial charge in [-0.3, -0.25) is 4.79 Å². The quantitative estimate of drug-likeness (QED) is 0.880. The number of benzene rings is 1. The van der Waals surface area contributed by atoms with Gasteiger partial charge >= 0.3 is 0 Å². The highest BCUT2D eigenvalue weighted by molar-refractivity contribution is 5.96. The van der Waals surface area contributed by atoms with E-state index in [9.17, 15) is 4.79 Å². The van der Waals surface area contributed by atoms with E-state index in [4.69, 9.17) is 16.2 Å². The van der Waals surface area contributed by atoms with Crippen molar-refractivity contribution in [3.8, 4) is 11.6 Å². The zero-order valence-corrected chi connectivity index (χ0v) is 12.2. The molecule has 1 amide bonds. The summed E-state index contributed by atoms with van der Waals surface area (Å²) in [6, 6.07) is 9.34. The van der Waals surface area contributed by atoms with E-state index in [1.807, 2.05) is 38.1 Å². The van der Waals surface area contributed by atoms with Crippen molar-refractivity contribution in [1.82, 2.24) is 4.98 Å². The van der Waals surface area contributed by atoms with Crippen LogP contribution in [0.25, 0.3) is 0 Å². The molecule has 0 aliphatic heterocycles. The molecule has 0 fully saturated rings. The van der Waals surface area contributed by atoms with E-state index >= 15 is 0 Å². The summed E-state index contributed by atoms with van der Waals surface area (Å²) in [5.41, 5.74) is 13.9. The van der Waals surface area contributed by atoms with E-state index in [0.29, 0.717) is 17.9 Å². The standard InChI is InChI=1S/C16H19N3O2/c1-10-9-11(2)19-16(14(10)15(18)20)21-13-5-3-12(4-6-13)7-8-17/h3-6,9H,7-8,17H2,1-2H3,(H2,18,20). The largest absolute Gasteiger partial charge is 0.438 e. The van der Waals surface area contributed by atoms with E-state index in [0.717, 1.165) is 23.2 Å². The lowest BCUT2D eigenvalue weighted by molar-refractivity contribution is 0.0997. The first kappa shape index (κ1) is 15.0. The highest BCUT2D eigenvalue weighted by atomic mass is 16.5. The van der Waals surface area contributed by atoms with Crippen molar-refractivity contribution in [1.29, 1.82) is 0 Å². The van der Waals surface area contributed by atoms with Crippen LogP contribution in [0.4, 0.5) is 0 Å². The molecule has 0 aliphatic carbocycles. The van der Waals surface area contributed by atoms with Crippen LogP contribution in [0.2, 0.25) is 0 Å². The van der Waals surface area contributed by atoms with E-state index in [1.165, 1.54) is 0 Å². The van der Waals surface area contributed by atoms with Crippen molar-refractivity contribution in [3.05, 3.63) is 52.7 Å². The Labute approximate surface area is 123 Å². The summed E-state index contributed by atoms with van der Waals surface area (Å²) < 4.78 is 5.72. The molecule has 0 bridgehead atoms. The highest BCUT2D eigenvalue weighted by Crippen LogP contribution is 2.26. The number of pyridine rings is 1. The second-order valence-corrected chi connectivity index (χ2v) is 4.91. The average molecular weight is 285 g/mol. The lowest BCUT2D eigenvalue weighted by Gasteiger charge is -2.11. The molecule has 1 aromatic heterocycles. The molecule has 4 N–H and O–H groups in total. The van der Waals surface area contributed by atoms with Crippen LogP contribution in [-0.4, -0.2) is 17.4 Å². The van der Waals surface area contributed by atoms with Crippen molar-refractivity contribution < 1.29 is 9.53 Å². The van der Waals surface area contributed by atoms with Crippen molar-refractivity contribution in [2.75, 3.05) is 6.54 Å². The molecule has 5 heteroatoms. The molecule has 2 rings (SSSR count). The van der Waals surface area contributed by atoms with E-state index in [2.05, 4.69) is 4.98 Å². The Morgan fingerprint density at radius 3 is 2.48 bits per heavy atom. The van der Waals surface area contributed by atoms with Crippen LogP contribution in [-0.2, 0) is 6.42 Å². The maximum absolute atomic E-state index is 11.6. The summed E-state index contributed by atoms with van der Waals surface area (Å²) in [6.07, 6.45) is 0.814. The Morgan fingerprint density at radius 2 is 1.90 bits per heavy atom. The van der Waals surface area contributed by atoms with Crippen LogP contribution in [0.1, 0.15) is 27.2 Å². The van der Waals surface area contributed by atoms with Gasteiger partial charge in [0.15, 0.2) is 0 Å². The minimum atomic E-state index is -0.547. The SMILES string of the molecule is Cc1cc(C)c(C(N)=O)c(Oc2ccc(CCN)cc2)n1. The third-order valence-electron chi connectivity index (χ3n) is 3.13. The Bertz CT molecular complexity index is 651. The molecule has 0 unspecified atom stereocenters. The van der Waals surface area contributed by atoms with E-state index in [1.54, 1.807) is 6.07 Å². The van der Waals surface area contributed by atoms with Gasteiger partial charge in [-0.05, 0) is 56.1 Å². The van der Waals surface area contributed by atoms with Gasteiger partial charge in [-0.15, -0.1) is 0 Å². The number of rotatable bonds is 5. The number of hydrogen-bond donors (Lipinski definition) is 2. The Balaban J connectivity index is 2.32. The fourth-order valence-corrected chi connectivity index (χ4v) is 2.18. The van der Waals surface area contributed by atoms with Crippen LogP contribution >= 0.6 is 0 Å². The lowest BCUT2D eigenvalue weighted by atomic mass is 10.1. The van der Waals surface area contributed by atoms with Gasteiger partial charge in [-0.2, -0.15) is 0 Å². The van der Waals surface area contributed by atoms with Crippen LogP contribution in [0.15, 0.2) is 30.3 Å². The van der Waals surface area contributed by atoms with Crippen molar-refractivity contribution >= 4 is 5.91 Å². The third-order valence-corrected chi connectivity index (χ3v) is 3.13. The zero-order chi connectivity index (χ0) is 15.4. The molecule has 0 spiro atoms. The Hall–Kier alpha value is -2.40. The van der Waals surface area contributed by atoms with Gasteiger partial charge in [-0.1, -0.05) is 12.1 Å². The highest BCUT2D eigenvalue weighted by Gasteiger charge is 2.16. The third kappa shape index (κ3) is 3.58. The number of carbonyl (C=O) groups excluding carboxylic acids is 1. The van der Waals surface area contributed by atoms with Gasteiger partial charge in [0.2, 0.25) is 5.88 Å².